The van der Waals surface area contributed by atoms with Crippen molar-refractivity contribution in [3.63, 3.8) is 0 Å². The lowest BCUT2D eigenvalue weighted by Gasteiger charge is -2.13. The third-order valence-electron chi connectivity index (χ3n) is 3.26. The maximum Gasteiger partial charge on any atom is 0.233 e. The molecule has 0 fully saturated rings. The number of ether oxygens (including phenoxy) is 3. The van der Waals surface area contributed by atoms with Gasteiger partial charge in [0.15, 0.2) is 11.5 Å². The van der Waals surface area contributed by atoms with Crippen molar-refractivity contribution in [1.82, 2.24) is 0 Å². The van der Waals surface area contributed by atoms with Gasteiger partial charge in [-0.3, -0.25) is 9.59 Å². The van der Waals surface area contributed by atoms with Crippen molar-refractivity contribution in [1.29, 1.82) is 0 Å². The lowest BCUT2D eigenvalue weighted by Crippen LogP contribution is -2.15. The van der Waals surface area contributed by atoms with E-state index in [2.05, 4.69) is 0 Å². The van der Waals surface area contributed by atoms with Crippen molar-refractivity contribution in [2.75, 3.05) is 21.3 Å². The van der Waals surface area contributed by atoms with Gasteiger partial charge in [-0.05, 0) is 36.4 Å². The Balaban J connectivity index is 2.42. The molecule has 0 heterocycles. The van der Waals surface area contributed by atoms with Gasteiger partial charge in [-0.15, -0.1) is 0 Å². The number of phenols is 1. The molecule has 120 valence electrons. The molecule has 0 bridgehead atoms. The molecule has 0 unspecified atom stereocenters. The highest BCUT2D eigenvalue weighted by Crippen LogP contribution is 2.38. The molecule has 0 radical (unpaired) electrons. The van der Waals surface area contributed by atoms with Gasteiger partial charge < -0.3 is 19.3 Å². The number of hydrogen-bond donors (Lipinski definition) is 1. The Morgan fingerprint density at radius 3 is 1.70 bits per heavy atom. The molecule has 0 aliphatic carbocycles. The molecule has 2 aromatic carbocycles. The molecule has 2 aromatic rings. The van der Waals surface area contributed by atoms with Crippen LogP contribution in [0, 0.1) is 0 Å². The van der Waals surface area contributed by atoms with E-state index in [0.29, 0.717) is 5.75 Å². The van der Waals surface area contributed by atoms with E-state index in [1.54, 1.807) is 0 Å². The maximum absolute atomic E-state index is 12.4. The zero-order valence-corrected chi connectivity index (χ0v) is 13.0. The van der Waals surface area contributed by atoms with E-state index >= 15 is 0 Å². The minimum absolute atomic E-state index is 0.0155. The van der Waals surface area contributed by atoms with Crippen LogP contribution in [0.15, 0.2) is 36.4 Å². The fourth-order valence-corrected chi connectivity index (χ4v) is 2.09. The molecule has 0 saturated carbocycles. The molecule has 0 spiro atoms. The Morgan fingerprint density at radius 1 is 0.783 bits per heavy atom. The highest BCUT2D eigenvalue weighted by molar-refractivity contribution is 6.49. The van der Waals surface area contributed by atoms with Crippen molar-refractivity contribution in [2.24, 2.45) is 0 Å². The normalized spacial score (nSPS) is 10.0. The van der Waals surface area contributed by atoms with E-state index in [-0.39, 0.29) is 28.4 Å². The Morgan fingerprint density at radius 2 is 1.26 bits per heavy atom. The highest BCUT2D eigenvalue weighted by atomic mass is 16.5. The van der Waals surface area contributed by atoms with Crippen LogP contribution in [-0.4, -0.2) is 38.0 Å². The number of hydrogen-bond acceptors (Lipinski definition) is 6. The average molecular weight is 316 g/mol. The van der Waals surface area contributed by atoms with Crippen LogP contribution in [0.3, 0.4) is 0 Å². The number of carbonyl (C=O) groups excluding carboxylic acids is 2. The molecule has 0 atom stereocenters. The second-order valence-corrected chi connectivity index (χ2v) is 4.62. The van der Waals surface area contributed by atoms with Crippen LogP contribution < -0.4 is 14.2 Å². The molecule has 6 nitrogen and oxygen atoms in total. The van der Waals surface area contributed by atoms with Crippen LogP contribution in [-0.2, 0) is 0 Å². The van der Waals surface area contributed by atoms with E-state index in [4.69, 9.17) is 14.2 Å². The molecule has 6 heteroatoms. The highest BCUT2D eigenvalue weighted by Gasteiger charge is 2.22. The first kappa shape index (κ1) is 16.4. The number of methoxy groups -OCH3 is 3. The summed E-state index contributed by atoms with van der Waals surface area (Å²) in [5.41, 5.74) is 0.305. The fourth-order valence-electron chi connectivity index (χ4n) is 2.09. The first-order chi connectivity index (χ1) is 11.0. The van der Waals surface area contributed by atoms with Crippen LogP contribution in [0.4, 0.5) is 0 Å². The lowest BCUT2D eigenvalue weighted by atomic mass is 10.0. The second-order valence-electron chi connectivity index (χ2n) is 4.62. The maximum atomic E-state index is 12.4. The van der Waals surface area contributed by atoms with Gasteiger partial charge in [-0.25, -0.2) is 0 Å². The van der Waals surface area contributed by atoms with Gasteiger partial charge in [0.2, 0.25) is 17.3 Å². The van der Waals surface area contributed by atoms with Crippen LogP contribution in [0.1, 0.15) is 20.7 Å². The molecule has 0 saturated heterocycles. The molecular weight excluding hydrogens is 300 g/mol. The number of carbonyl (C=O) groups is 2. The zero-order chi connectivity index (χ0) is 17.0. The van der Waals surface area contributed by atoms with Crippen LogP contribution in [0.2, 0.25) is 0 Å². The Kier molecular flexibility index (Phi) is 4.85. The van der Waals surface area contributed by atoms with Crippen LogP contribution >= 0.6 is 0 Å². The zero-order valence-electron chi connectivity index (χ0n) is 13.0. The van der Waals surface area contributed by atoms with Crippen molar-refractivity contribution in [3.8, 4) is 23.0 Å². The van der Waals surface area contributed by atoms with E-state index in [0.717, 1.165) is 0 Å². The smallest absolute Gasteiger partial charge is 0.233 e. The largest absolute Gasteiger partial charge is 0.508 e. The summed E-state index contributed by atoms with van der Waals surface area (Å²) in [4.78, 5) is 24.7. The Hall–Kier alpha value is -3.02. The Bertz CT molecular complexity index is 708. The summed E-state index contributed by atoms with van der Waals surface area (Å²) in [5, 5.41) is 9.25. The van der Waals surface area contributed by atoms with E-state index in [1.807, 2.05) is 0 Å². The van der Waals surface area contributed by atoms with Gasteiger partial charge >= 0.3 is 0 Å². The number of Topliss-reactive ketones (excluding diaryl/α,β-unsaturated/α-hetero) is 2. The third kappa shape index (κ3) is 3.26. The summed E-state index contributed by atoms with van der Waals surface area (Å²) < 4.78 is 15.5. The molecule has 0 aliphatic heterocycles. The predicted octanol–water partition coefficient (Wildman–Crippen LogP) is 2.48. The van der Waals surface area contributed by atoms with Crippen molar-refractivity contribution < 1.29 is 28.9 Å². The minimum Gasteiger partial charge on any atom is -0.508 e. The summed E-state index contributed by atoms with van der Waals surface area (Å²) in [6.07, 6.45) is 0. The minimum atomic E-state index is -0.713. The number of benzene rings is 2. The second kappa shape index (κ2) is 6.83. The molecule has 0 aliphatic rings. The quantitative estimate of drug-likeness (QED) is 0.651. The van der Waals surface area contributed by atoms with E-state index in [1.165, 1.54) is 57.7 Å². The summed E-state index contributed by atoms with van der Waals surface area (Å²) in [7, 11) is 4.30. The van der Waals surface area contributed by atoms with Gasteiger partial charge in [0.25, 0.3) is 0 Å². The topological polar surface area (TPSA) is 82.1 Å². The molecule has 23 heavy (non-hydrogen) atoms. The first-order valence-corrected chi connectivity index (χ1v) is 6.70. The van der Waals surface area contributed by atoms with Gasteiger partial charge in [0.05, 0.1) is 21.3 Å². The van der Waals surface area contributed by atoms with Gasteiger partial charge in [-0.1, -0.05) is 0 Å². The van der Waals surface area contributed by atoms with E-state index < -0.39 is 11.6 Å². The average Bonchev–Trinajstić information content (AvgIpc) is 2.59. The molecular formula is C17H16O6. The third-order valence-corrected chi connectivity index (χ3v) is 3.26. The molecule has 0 amide bonds. The van der Waals surface area contributed by atoms with Crippen LogP contribution in [0.5, 0.6) is 23.0 Å². The summed E-state index contributed by atoms with van der Waals surface area (Å²) >= 11 is 0. The van der Waals surface area contributed by atoms with Crippen LogP contribution in [0.25, 0.3) is 0 Å². The summed E-state index contributed by atoms with van der Waals surface area (Å²) in [5.74, 6) is -0.484. The van der Waals surface area contributed by atoms with E-state index in [9.17, 15) is 14.7 Å². The number of aromatic hydroxyl groups is 1. The predicted molar refractivity (Wildman–Crippen MR) is 82.9 cm³/mol. The van der Waals surface area contributed by atoms with Crippen molar-refractivity contribution >= 4 is 11.6 Å². The molecule has 0 aromatic heterocycles. The van der Waals surface area contributed by atoms with Gasteiger partial charge in [-0.2, -0.15) is 0 Å². The molecule has 2 rings (SSSR count). The van der Waals surface area contributed by atoms with Crippen molar-refractivity contribution in [2.45, 2.75) is 0 Å². The monoisotopic (exact) mass is 316 g/mol. The fraction of sp³-hybridized carbons (Fsp3) is 0.176. The Labute approximate surface area is 133 Å². The lowest BCUT2D eigenvalue weighted by molar-refractivity contribution is 0.0816. The number of ketones is 2. The first-order valence-electron chi connectivity index (χ1n) is 6.70. The number of phenolic OH excluding ortho intramolecular Hbond substituents is 1. The molecule has 1 N–H and O–H groups in total. The van der Waals surface area contributed by atoms with Gasteiger partial charge in [0, 0.05) is 11.1 Å². The summed E-state index contributed by atoms with van der Waals surface area (Å²) in [6, 6.07) is 8.29. The van der Waals surface area contributed by atoms with Crippen molar-refractivity contribution in [3.05, 3.63) is 47.5 Å². The SMILES string of the molecule is COc1cc(C(=O)C(=O)c2ccc(O)cc2)cc(OC)c1OC. The summed E-state index contributed by atoms with van der Waals surface area (Å²) in [6.45, 7) is 0. The standard InChI is InChI=1S/C17H16O6/c1-21-13-8-11(9-14(22-2)17(13)23-3)16(20)15(19)10-4-6-12(18)7-5-10/h4-9,18H,1-3H3. The van der Waals surface area contributed by atoms with Gasteiger partial charge in [0.1, 0.15) is 5.75 Å². The number of rotatable bonds is 6.